The van der Waals surface area contributed by atoms with Crippen LogP contribution in [0.4, 0.5) is 19.1 Å². The van der Waals surface area contributed by atoms with E-state index in [-0.39, 0.29) is 36.1 Å². The second-order valence-corrected chi connectivity index (χ2v) is 11.4. The average Bonchev–Trinajstić information content (AvgIpc) is 2.95. The van der Waals surface area contributed by atoms with Crippen molar-refractivity contribution < 1.29 is 27.4 Å². The third-order valence-electron chi connectivity index (χ3n) is 5.87. The van der Waals surface area contributed by atoms with E-state index < -0.39 is 18.8 Å². The Bertz CT molecular complexity index is 1330. The van der Waals surface area contributed by atoms with Crippen LogP contribution in [0.15, 0.2) is 42.5 Å². The molecule has 0 saturated carbocycles. The Morgan fingerprint density at radius 2 is 1.76 bits per heavy atom. The lowest BCUT2D eigenvalue weighted by atomic mass is 9.94. The number of halogens is 5. The lowest BCUT2D eigenvalue weighted by Crippen LogP contribution is -2.38. The number of hydrogen-bond donors (Lipinski definition) is 3. The van der Waals surface area contributed by atoms with Crippen LogP contribution in [-0.2, 0) is 13.0 Å². The molecule has 0 unspecified atom stereocenters. The van der Waals surface area contributed by atoms with Gasteiger partial charge in [0.1, 0.15) is 11.6 Å². The Morgan fingerprint density at radius 1 is 1.05 bits per heavy atom. The molecule has 1 amide bonds. The molecule has 0 aliphatic rings. The number of amides is 1. The summed E-state index contributed by atoms with van der Waals surface area (Å²) in [5.41, 5.74) is 7.44. The number of carbonyl (C=O) groups excluding carboxylic acids is 1. The van der Waals surface area contributed by atoms with Gasteiger partial charge in [0, 0.05) is 30.4 Å². The molecule has 4 N–H and O–H groups in total. The van der Waals surface area contributed by atoms with E-state index in [1.54, 1.807) is 42.5 Å². The molecule has 0 spiro atoms. The first-order valence-corrected chi connectivity index (χ1v) is 14.6. The van der Waals surface area contributed by atoms with Gasteiger partial charge < -0.3 is 25.8 Å². The van der Waals surface area contributed by atoms with Crippen LogP contribution in [0, 0.1) is 5.41 Å². The summed E-state index contributed by atoms with van der Waals surface area (Å²) in [6, 6.07) is 11.5. The van der Waals surface area contributed by atoms with Crippen LogP contribution in [0.1, 0.15) is 47.6 Å². The van der Waals surface area contributed by atoms with Gasteiger partial charge in [-0.3, -0.25) is 4.79 Å². The molecule has 3 rings (SSSR count). The van der Waals surface area contributed by atoms with Crippen molar-refractivity contribution in [3.63, 3.8) is 0 Å². The molecule has 0 saturated heterocycles. The number of nitrogens with one attached hydrogen (secondary N) is 2. The van der Waals surface area contributed by atoms with Gasteiger partial charge in [0.2, 0.25) is 5.95 Å². The normalized spacial score (nSPS) is 11.7. The fourth-order valence-electron chi connectivity index (χ4n) is 3.41. The minimum atomic E-state index is -4.56. The quantitative estimate of drug-likeness (QED) is 0.142. The highest BCUT2D eigenvalue weighted by molar-refractivity contribution is 9.09. The lowest BCUT2D eigenvalue weighted by Gasteiger charge is -2.22. The van der Waals surface area contributed by atoms with E-state index in [1.165, 1.54) is 0 Å². The molecular formula is C28H33BrClF3N6O3. The Kier molecular flexibility index (Phi) is 12.2. The van der Waals surface area contributed by atoms with Gasteiger partial charge in [-0.05, 0) is 53.8 Å². The fourth-order valence-corrected chi connectivity index (χ4v) is 3.89. The summed E-state index contributed by atoms with van der Waals surface area (Å²) in [6.45, 7) is 3.95. The number of ether oxygens (including phenoxy) is 2. The van der Waals surface area contributed by atoms with E-state index in [9.17, 15) is 18.0 Å². The number of rotatable bonds is 15. The molecule has 0 bridgehead atoms. The zero-order valence-corrected chi connectivity index (χ0v) is 25.6. The van der Waals surface area contributed by atoms with E-state index in [0.717, 1.165) is 22.9 Å². The molecule has 3 aromatic rings. The third-order valence-corrected chi connectivity index (χ3v) is 6.72. The number of carbonyl (C=O) groups is 1. The average molecular weight is 674 g/mol. The monoisotopic (exact) mass is 672 g/mol. The van der Waals surface area contributed by atoms with E-state index >= 15 is 0 Å². The second-order valence-electron chi connectivity index (χ2n) is 10.2. The van der Waals surface area contributed by atoms with Crippen LogP contribution < -0.4 is 25.8 Å². The zero-order valence-electron chi connectivity index (χ0n) is 23.2. The van der Waals surface area contributed by atoms with Crippen molar-refractivity contribution in [3.05, 3.63) is 70.0 Å². The van der Waals surface area contributed by atoms with Crippen molar-refractivity contribution in [2.75, 3.05) is 37.0 Å². The van der Waals surface area contributed by atoms with Crippen LogP contribution in [0.2, 0.25) is 5.02 Å². The highest BCUT2D eigenvalue weighted by Gasteiger charge is 2.29. The molecule has 228 valence electrons. The summed E-state index contributed by atoms with van der Waals surface area (Å²) >= 11 is 9.67. The summed E-state index contributed by atoms with van der Waals surface area (Å²) in [7, 11) is 0. The van der Waals surface area contributed by atoms with Gasteiger partial charge in [0.05, 0.1) is 11.6 Å². The largest absolute Gasteiger partial charge is 0.492 e. The molecule has 0 aliphatic heterocycles. The van der Waals surface area contributed by atoms with Gasteiger partial charge in [-0.2, -0.15) is 28.1 Å². The topological polar surface area (TPSA) is 124 Å². The van der Waals surface area contributed by atoms with E-state index in [4.69, 9.17) is 26.8 Å². The molecule has 2 aromatic carbocycles. The first-order valence-electron chi connectivity index (χ1n) is 13.1. The predicted molar refractivity (Wildman–Crippen MR) is 158 cm³/mol. The van der Waals surface area contributed by atoms with Gasteiger partial charge in [0.15, 0.2) is 6.61 Å². The SMILES string of the molecule is CC(C)(CN)CNC(=O)c1ccc(Cc2nc(NCc3ccc(OCCCBr)c(Cl)c3)nc(OCC(F)(F)F)n2)cc1. The molecule has 0 atom stereocenters. The number of hydrogen-bond acceptors (Lipinski definition) is 8. The highest BCUT2D eigenvalue weighted by Crippen LogP contribution is 2.26. The minimum absolute atomic E-state index is 0.0319. The van der Waals surface area contributed by atoms with Gasteiger partial charge in [0.25, 0.3) is 5.91 Å². The standard InChI is InChI=1S/C28H33BrClF3N6O3/c1-27(2,15-34)16-36-24(40)20-7-4-18(5-8-20)13-23-37-25(39-26(38-23)42-17-28(31,32)33)35-14-19-6-9-22(21(30)12-19)41-11-3-10-29/h4-9,12H,3,10-11,13-17,34H2,1-2H3,(H,36,40)(H,35,37,38,39). The van der Waals surface area contributed by atoms with Gasteiger partial charge in [-0.25, -0.2) is 0 Å². The van der Waals surface area contributed by atoms with Crippen LogP contribution in [0.25, 0.3) is 0 Å². The summed E-state index contributed by atoms with van der Waals surface area (Å²) in [4.78, 5) is 24.9. The summed E-state index contributed by atoms with van der Waals surface area (Å²) in [6.07, 6.45) is -3.58. The van der Waals surface area contributed by atoms with Crippen molar-refractivity contribution in [3.8, 4) is 11.8 Å². The summed E-state index contributed by atoms with van der Waals surface area (Å²) in [5, 5.41) is 7.08. The lowest BCUT2D eigenvalue weighted by molar-refractivity contribution is -0.154. The van der Waals surface area contributed by atoms with Crippen LogP contribution >= 0.6 is 27.5 Å². The highest BCUT2D eigenvalue weighted by atomic mass is 79.9. The number of alkyl halides is 4. The molecule has 0 aliphatic carbocycles. The molecule has 1 aromatic heterocycles. The van der Waals surface area contributed by atoms with Crippen LogP contribution in [0.3, 0.4) is 0 Å². The molecule has 14 heteroatoms. The maximum Gasteiger partial charge on any atom is 0.422 e. The number of nitrogens with zero attached hydrogens (tertiary/aromatic N) is 3. The molecule has 42 heavy (non-hydrogen) atoms. The summed E-state index contributed by atoms with van der Waals surface area (Å²) < 4.78 is 48.8. The first kappa shape index (κ1) is 33.3. The molecule has 0 radical (unpaired) electrons. The van der Waals surface area contributed by atoms with Crippen molar-refractivity contribution in [1.29, 1.82) is 0 Å². The summed E-state index contributed by atoms with van der Waals surface area (Å²) in [5.74, 6) is 0.523. The molecule has 9 nitrogen and oxygen atoms in total. The Morgan fingerprint density at radius 3 is 2.40 bits per heavy atom. The number of anilines is 1. The van der Waals surface area contributed by atoms with Crippen molar-refractivity contribution in [2.45, 2.75) is 39.4 Å². The van der Waals surface area contributed by atoms with Gasteiger partial charge in [-0.1, -0.05) is 59.6 Å². The van der Waals surface area contributed by atoms with E-state index in [0.29, 0.717) is 36.0 Å². The molecule has 1 heterocycles. The molecular weight excluding hydrogens is 641 g/mol. The Labute approximate surface area is 255 Å². The zero-order chi connectivity index (χ0) is 30.8. The van der Waals surface area contributed by atoms with E-state index in [1.807, 2.05) is 13.8 Å². The minimum Gasteiger partial charge on any atom is -0.492 e. The second kappa shape index (κ2) is 15.4. The Balaban J connectivity index is 1.71. The number of aromatic nitrogens is 3. The smallest absolute Gasteiger partial charge is 0.422 e. The van der Waals surface area contributed by atoms with Crippen molar-refractivity contribution >= 4 is 39.4 Å². The van der Waals surface area contributed by atoms with Gasteiger partial charge in [-0.15, -0.1) is 0 Å². The van der Waals surface area contributed by atoms with Crippen LogP contribution in [0.5, 0.6) is 11.8 Å². The fraction of sp³-hybridized carbons (Fsp3) is 0.429. The Hall–Kier alpha value is -3.16. The predicted octanol–water partition coefficient (Wildman–Crippen LogP) is 5.55. The van der Waals surface area contributed by atoms with Crippen molar-refractivity contribution in [1.82, 2.24) is 20.3 Å². The van der Waals surface area contributed by atoms with Crippen molar-refractivity contribution in [2.24, 2.45) is 11.1 Å². The maximum absolute atomic E-state index is 12.8. The number of benzene rings is 2. The van der Waals surface area contributed by atoms with Crippen LogP contribution in [-0.4, -0.2) is 58.7 Å². The van der Waals surface area contributed by atoms with E-state index in [2.05, 4.69) is 41.5 Å². The first-order chi connectivity index (χ1) is 19.9. The maximum atomic E-state index is 12.8. The molecule has 0 fully saturated rings. The van der Waals surface area contributed by atoms with Gasteiger partial charge >= 0.3 is 12.2 Å². The number of nitrogens with two attached hydrogens (primary N) is 1. The third kappa shape index (κ3) is 11.3.